The predicted molar refractivity (Wildman–Crippen MR) is 111 cm³/mol. The average Bonchev–Trinajstić information content (AvgIpc) is 3.20. The van der Waals surface area contributed by atoms with E-state index in [9.17, 15) is 4.79 Å². The van der Waals surface area contributed by atoms with E-state index in [2.05, 4.69) is 29.4 Å². The molecule has 1 aromatic heterocycles. The molecule has 2 N–H and O–H groups in total. The van der Waals surface area contributed by atoms with Gasteiger partial charge in [-0.2, -0.15) is 5.10 Å². The molecule has 158 valence electrons. The number of carbonyl (C=O) groups excluding carboxylic acids is 1. The van der Waals surface area contributed by atoms with Gasteiger partial charge in [-0.05, 0) is 70.3 Å². The van der Waals surface area contributed by atoms with Gasteiger partial charge in [-0.3, -0.25) is 5.10 Å². The van der Waals surface area contributed by atoms with E-state index >= 15 is 0 Å². The number of piperidine rings is 1. The van der Waals surface area contributed by atoms with Gasteiger partial charge < -0.3 is 15.0 Å². The maximum atomic E-state index is 12.8. The summed E-state index contributed by atoms with van der Waals surface area (Å²) in [7, 11) is 0. The van der Waals surface area contributed by atoms with E-state index < -0.39 is 0 Å². The third kappa shape index (κ3) is 5.28. The number of aromatic amines is 1. The van der Waals surface area contributed by atoms with Crippen molar-refractivity contribution in [3.8, 4) is 0 Å². The molecular formula is C22H38N4O2. The second-order valence-electron chi connectivity index (χ2n) is 9.23. The molecule has 0 radical (unpaired) electrons. The number of likely N-dealkylation sites (tertiary alicyclic amines) is 1. The van der Waals surface area contributed by atoms with Gasteiger partial charge in [0.2, 0.25) is 0 Å². The fourth-order valence-electron chi connectivity index (χ4n) is 4.82. The zero-order valence-electron chi connectivity index (χ0n) is 18.0. The zero-order chi connectivity index (χ0) is 20.1. The Balaban J connectivity index is 1.65. The second kappa shape index (κ2) is 9.77. The molecule has 1 saturated carbocycles. The van der Waals surface area contributed by atoms with Gasteiger partial charge in [0.15, 0.2) is 0 Å². The molecular weight excluding hydrogens is 352 g/mol. The molecule has 6 nitrogen and oxygen atoms in total. The molecule has 1 aromatic rings. The highest BCUT2D eigenvalue weighted by Crippen LogP contribution is 2.34. The Morgan fingerprint density at radius 1 is 1.25 bits per heavy atom. The molecule has 2 unspecified atom stereocenters. The van der Waals surface area contributed by atoms with Crippen LogP contribution in [-0.2, 0) is 4.74 Å². The SMILES string of the molecule is CC(C)NC(=O)N1CCCC(c2cc[nH]n2)C1COC1CCC(C(C)C)CC1. The first-order chi connectivity index (χ1) is 13.5. The van der Waals surface area contributed by atoms with Crippen molar-refractivity contribution in [2.45, 2.75) is 90.3 Å². The largest absolute Gasteiger partial charge is 0.376 e. The van der Waals surface area contributed by atoms with E-state index in [0.717, 1.165) is 49.8 Å². The van der Waals surface area contributed by atoms with E-state index in [-0.39, 0.29) is 24.0 Å². The molecule has 2 fully saturated rings. The molecule has 0 spiro atoms. The maximum Gasteiger partial charge on any atom is 0.317 e. The fourth-order valence-corrected chi connectivity index (χ4v) is 4.82. The van der Waals surface area contributed by atoms with Crippen LogP contribution in [0.2, 0.25) is 0 Å². The van der Waals surface area contributed by atoms with Gasteiger partial charge in [-0.1, -0.05) is 13.8 Å². The van der Waals surface area contributed by atoms with Crippen molar-refractivity contribution >= 4 is 6.03 Å². The molecule has 1 aliphatic carbocycles. The second-order valence-corrected chi connectivity index (χ2v) is 9.23. The number of urea groups is 1. The van der Waals surface area contributed by atoms with Gasteiger partial charge in [0.05, 0.1) is 24.4 Å². The monoisotopic (exact) mass is 390 g/mol. The Morgan fingerprint density at radius 3 is 2.61 bits per heavy atom. The van der Waals surface area contributed by atoms with Crippen molar-refractivity contribution in [1.82, 2.24) is 20.4 Å². The number of amides is 2. The Bertz CT molecular complexity index is 594. The lowest BCUT2D eigenvalue weighted by Gasteiger charge is -2.42. The van der Waals surface area contributed by atoms with Gasteiger partial charge in [0.1, 0.15) is 0 Å². The van der Waals surface area contributed by atoms with Crippen molar-refractivity contribution in [3.63, 3.8) is 0 Å². The van der Waals surface area contributed by atoms with Crippen molar-refractivity contribution in [3.05, 3.63) is 18.0 Å². The number of nitrogens with one attached hydrogen (secondary N) is 2. The lowest BCUT2D eigenvalue weighted by molar-refractivity contribution is -0.0240. The Morgan fingerprint density at radius 2 is 2.00 bits per heavy atom. The summed E-state index contributed by atoms with van der Waals surface area (Å²) in [5, 5.41) is 10.4. The highest BCUT2D eigenvalue weighted by atomic mass is 16.5. The van der Waals surface area contributed by atoms with Gasteiger partial charge in [0, 0.05) is 24.7 Å². The third-order valence-corrected chi connectivity index (χ3v) is 6.52. The van der Waals surface area contributed by atoms with Gasteiger partial charge in [-0.15, -0.1) is 0 Å². The number of H-pyrrole nitrogens is 1. The molecule has 2 atom stereocenters. The Labute approximate surface area is 169 Å². The van der Waals surface area contributed by atoms with E-state index in [0.29, 0.717) is 12.7 Å². The zero-order valence-corrected chi connectivity index (χ0v) is 18.0. The lowest BCUT2D eigenvalue weighted by atomic mass is 9.80. The summed E-state index contributed by atoms with van der Waals surface area (Å²) in [6.45, 7) is 10.0. The lowest BCUT2D eigenvalue weighted by Crippen LogP contribution is -2.54. The number of hydrogen-bond acceptors (Lipinski definition) is 3. The van der Waals surface area contributed by atoms with Gasteiger partial charge in [-0.25, -0.2) is 4.79 Å². The molecule has 2 heterocycles. The summed E-state index contributed by atoms with van der Waals surface area (Å²) in [5.74, 6) is 1.82. The normalized spacial score (nSPS) is 28.7. The average molecular weight is 391 g/mol. The highest BCUT2D eigenvalue weighted by Gasteiger charge is 2.37. The van der Waals surface area contributed by atoms with Gasteiger partial charge in [0.25, 0.3) is 0 Å². The molecule has 2 amide bonds. The molecule has 1 aliphatic heterocycles. The van der Waals surface area contributed by atoms with Crippen LogP contribution >= 0.6 is 0 Å². The number of aromatic nitrogens is 2. The first-order valence-corrected chi connectivity index (χ1v) is 11.1. The van der Waals surface area contributed by atoms with Crippen molar-refractivity contribution in [2.75, 3.05) is 13.2 Å². The van der Waals surface area contributed by atoms with Crippen LogP contribution in [0.5, 0.6) is 0 Å². The van der Waals surface area contributed by atoms with E-state index in [1.54, 1.807) is 0 Å². The molecule has 1 saturated heterocycles. The van der Waals surface area contributed by atoms with E-state index in [4.69, 9.17) is 4.74 Å². The quantitative estimate of drug-likeness (QED) is 0.760. The van der Waals surface area contributed by atoms with Crippen molar-refractivity contribution in [2.24, 2.45) is 11.8 Å². The first kappa shape index (κ1) is 21.2. The van der Waals surface area contributed by atoms with E-state index in [1.165, 1.54) is 12.8 Å². The van der Waals surface area contributed by atoms with Gasteiger partial charge >= 0.3 is 6.03 Å². The van der Waals surface area contributed by atoms with Crippen LogP contribution in [-0.4, -0.2) is 52.5 Å². The third-order valence-electron chi connectivity index (χ3n) is 6.52. The number of nitrogens with zero attached hydrogens (tertiary/aromatic N) is 2. The summed E-state index contributed by atoms with van der Waals surface area (Å²) in [6, 6.07) is 2.23. The topological polar surface area (TPSA) is 70.2 Å². The molecule has 28 heavy (non-hydrogen) atoms. The minimum absolute atomic E-state index is 0.0207. The summed E-state index contributed by atoms with van der Waals surface area (Å²) >= 11 is 0. The standard InChI is InChI=1S/C22H38N4O2/c1-15(2)17-7-9-18(10-8-17)28-14-21-19(20-11-12-23-25-20)6-5-13-26(21)22(27)24-16(3)4/h11-12,15-19,21H,5-10,13-14H2,1-4H3,(H,23,25)(H,24,27). The number of rotatable bonds is 6. The summed E-state index contributed by atoms with van der Waals surface area (Å²) in [4.78, 5) is 14.8. The Hall–Kier alpha value is -1.56. The summed E-state index contributed by atoms with van der Waals surface area (Å²) in [6.07, 6.45) is 9.03. The van der Waals surface area contributed by atoms with E-state index in [1.807, 2.05) is 31.0 Å². The van der Waals surface area contributed by atoms with Crippen LogP contribution in [0, 0.1) is 11.8 Å². The van der Waals surface area contributed by atoms with Crippen LogP contribution in [0.15, 0.2) is 12.3 Å². The molecule has 0 bridgehead atoms. The summed E-state index contributed by atoms with van der Waals surface area (Å²) in [5.41, 5.74) is 1.04. The molecule has 6 heteroatoms. The van der Waals surface area contributed by atoms with Crippen molar-refractivity contribution in [1.29, 1.82) is 0 Å². The minimum atomic E-state index is 0.0207. The first-order valence-electron chi connectivity index (χ1n) is 11.1. The summed E-state index contributed by atoms with van der Waals surface area (Å²) < 4.78 is 6.40. The van der Waals surface area contributed by atoms with Crippen LogP contribution in [0.25, 0.3) is 0 Å². The highest BCUT2D eigenvalue weighted by molar-refractivity contribution is 5.75. The predicted octanol–water partition coefficient (Wildman–Crippen LogP) is 4.31. The van der Waals surface area contributed by atoms with Crippen LogP contribution in [0.3, 0.4) is 0 Å². The van der Waals surface area contributed by atoms with Crippen LogP contribution in [0.4, 0.5) is 4.79 Å². The number of hydrogen-bond donors (Lipinski definition) is 2. The maximum absolute atomic E-state index is 12.8. The molecule has 0 aromatic carbocycles. The fraction of sp³-hybridized carbons (Fsp3) is 0.818. The smallest absolute Gasteiger partial charge is 0.317 e. The molecule has 2 aliphatic rings. The number of carbonyl (C=O) groups is 1. The minimum Gasteiger partial charge on any atom is -0.376 e. The van der Waals surface area contributed by atoms with Crippen LogP contribution in [0.1, 0.15) is 77.8 Å². The molecule has 3 rings (SSSR count). The van der Waals surface area contributed by atoms with Crippen molar-refractivity contribution < 1.29 is 9.53 Å². The van der Waals surface area contributed by atoms with Crippen LogP contribution < -0.4 is 5.32 Å². The number of ether oxygens (including phenoxy) is 1. The Kier molecular flexibility index (Phi) is 7.38.